The average molecular weight is 333 g/mol. The molecule has 0 bridgehead atoms. The van der Waals surface area contributed by atoms with Crippen LogP contribution in [0, 0.1) is 6.92 Å². The van der Waals surface area contributed by atoms with E-state index >= 15 is 0 Å². The summed E-state index contributed by atoms with van der Waals surface area (Å²) in [7, 11) is 0.158. The van der Waals surface area contributed by atoms with Crippen LogP contribution in [0.15, 0.2) is 23.1 Å². The van der Waals surface area contributed by atoms with E-state index in [0.717, 1.165) is 0 Å². The third-order valence-electron chi connectivity index (χ3n) is 3.64. The van der Waals surface area contributed by atoms with E-state index in [1.165, 1.54) is 10.4 Å². The molecule has 1 aromatic carbocycles. The van der Waals surface area contributed by atoms with Crippen molar-refractivity contribution in [1.29, 1.82) is 0 Å². The molecule has 1 heterocycles. The molecule has 7 heteroatoms. The predicted molar refractivity (Wildman–Crippen MR) is 83.0 cm³/mol. The van der Waals surface area contributed by atoms with Gasteiger partial charge in [-0.3, -0.25) is 0 Å². The minimum atomic E-state index is -3.63. The van der Waals surface area contributed by atoms with E-state index < -0.39 is 16.1 Å². The monoisotopic (exact) mass is 332 g/mol. The van der Waals surface area contributed by atoms with Crippen molar-refractivity contribution in [1.82, 2.24) is 9.21 Å². The first-order valence-corrected chi connectivity index (χ1v) is 8.64. The molecular formula is C14H21ClN2O3S. The molecule has 1 aliphatic rings. The zero-order valence-electron chi connectivity index (χ0n) is 12.5. The molecule has 1 aromatic rings. The second-order valence-corrected chi connectivity index (χ2v) is 8.09. The fraction of sp³-hybridized carbons (Fsp3) is 0.571. The molecular weight excluding hydrogens is 312 g/mol. The van der Waals surface area contributed by atoms with Gasteiger partial charge in [0.15, 0.2) is 0 Å². The highest BCUT2D eigenvalue weighted by Crippen LogP contribution is 2.29. The summed E-state index contributed by atoms with van der Waals surface area (Å²) in [5.41, 5.74) is 0.618. The SMILES string of the molecule is Cc1cc(Cl)ccc1S(=O)(=O)N1CC(O)CC1CN(C)C. The largest absolute Gasteiger partial charge is 0.392 e. The third kappa shape index (κ3) is 3.57. The molecule has 1 fully saturated rings. The van der Waals surface area contributed by atoms with E-state index in [4.69, 9.17) is 11.6 Å². The van der Waals surface area contributed by atoms with Crippen LogP contribution in [-0.2, 0) is 10.0 Å². The van der Waals surface area contributed by atoms with Crippen LogP contribution in [0.2, 0.25) is 5.02 Å². The number of aliphatic hydroxyl groups excluding tert-OH is 1. The molecule has 0 radical (unpaired) electrons. The van der Waals surface area contributed by atoms with Gasteiger partial charge in [0, 0.05) is 24.2 Å². The average Bonchev–Trinajstić information content (AvgIpc) is 2.69. The van der Waals surface area contributed by atoms with Gasteiger partial charge < -0.3 is 10.0 Å². The van der Waals surface area contributed by atoms with Crippen molar-refractivity contribution in [3.05, 3.63) is 28.8 Å². The molecule has 0 spiro atoms. The maximum atomic E-state index is 12.9. The summed E-state index contributed by atoms with van der Waals surface area (Å²) in [5, 5.41) is 10.4. The Balaban J connectivity index is 2.37. The van der Waals surface area contributed by atoms with Crippen molar-refractivity contribution in [3.8, 4) is 0 Å². The van der Waals surface area contributed by atoms with Gasteiger partial charge in [-0.05, 0) is 51.2 Å². The topological polar surface area (TPSA) is 60.9 Å². The van der Waals surface area contributed by atoms with Crippen LogP contribution in [-0.4, -0.2) is 62.1 Å². The number of likely N-dealkylation sites (N-methyl/N-ethyl adjacent to an activating group) is 1. The molecule has 0 aromatic heterocycles. The number of halogens is 1. The summed E-state index contributed by atoms with van der Waals surface area (Å²) in [4.78, 5) is 2.18. The lowest BCUT2D eigenvalue weighted by Gasteiger charge is -2.26. The van der Waals surface area contributed by atoms with E-state index in [1.54, 1.807) is 19.1 Å². The summed E-state index contributed by atoms with van der Waals surface area (Å²) in [5.74, 6) is 0. The van der Waals surface area contributed by atoms with Gasteiger partial charge in [-0.1, -0.05) is 11.6 Å². The zero-order chi connectivity index (χ0) is 15.8. The van der Waals surface area contributed by atoms with Gasteiger partial charge in [0.25, 0.3) is 0 Å². The molecule has 0 saturated carbocycles. The number of aliphatic hydroxyl groups is 1. The van der Waals surface area contributed by atoms with Gasteiger partial charge in [0.1, 0.15) is 0 Å². The van der Waals surface area contributed by atoms with Crippen LogP contribution >= 0.6 is 11.6 Å². The Labute approximate surface area is 131 Å². The van der Waals surface area contributed by atoms with Crippen LogP contribution in [0.4, 0.5) is 0 Å². The fourth-order valence-corrected chi connectivity index (χ4v) is 4.87. The fourth-order valence-electron chi connectivity index (χ4n) is 2.77. The van der Waals surface area contributed by atoms with Crippen molar-refractivity contribution < 1.29 is 13.5 Å². The summed E-state index contributed by atoms with van der Waals surface area (Å²) in [6.45, 7) is 2.46. The second kappa shape index (κ2) is 6.22. The van der Waals surface area contributed by atoms with Crippen LogP contribution in [0.3, 0.4) is 0 Å². The molecule has 0 aliphatic carbocycles. The van der Waals surface area contributed by atoms with E-state index in [1.807, 2.05) is 19.0 Å². The maximum Gasteiger partial charge on any atom is 0.243 e. The second-order valence-electron chi connectivity index (χ2n) is 5.79. The Morgan fingerprint density at radius 3 is 2.67 bits per heavy atom. The molecule has 2 unspecified atom stereocenters. The number of hydrogen-bond donors (Lipinski definition) is 1. The van der Waals surface area contributed by atoms with Gasteiger partial charge in [0.2, 0.25) is 10.0 Å². The standard InChI is InChI=1S/C14H21ClN2O3S/c1-10-6-11(15)4-5-14(10)21(19,20)17-9-13(18)7-12(17)8-16(2)3/h4-6,12-13,18H,7-9H2,1-3H3. The summed E-state index contributed by atoms with van der Waals surface area (Å²) >= 11 is 5.89. The number of benzene rings is 1. The molecule has 0 amide bonds. The quantitative estimate of drug-likeness (QED) is 0.903. The number of sulfonamides is 1. The van der Waals surface area contributed by atoms with Gasteiger partial charge in [0.05, 0.1) is 11.0 Å². The molecule has 1 saturated heterocycles. The summed E-state index contributed by atoms with van der Waals surface area (Å²) in [6.07, 6.45) is -0.151. The molecule has 2 atom stereocenters. The number of rotatable bonds is 4. The van der Waals surface area contributed by atoms with Crippen LogP contribution in [0.25, 0.3) is 0 Å². The highest BCUT2D eigenvalue weighted by molar-refractivity contribution is 7.89. The molecule has 5 nitrogen and oxygen atoms in total. The predicted octanol–water partition coefficient (Wildman–Crippen LogP) is 1.33. The van der Waals surface area contributed by atoms with Gasteiger partial charge >= 0.3 is 0 Å². The Hall–Kier alpha value is -0.660. The molecule has 1 N–H and O–H groups in total. The van der Waals surface area contributed by atoms with Crippen molar-refractivity contribution in [3.63, 3.8) is 0 Å². The van der Waals surface area contributed by atoms with Crippen molar-refractivity contribution >= 4 is 21.6 Å². The number of β-amino-alcohol motifs (C(OH)–C–C–N with tert-alkyl or cyclic N) is 1. The van der Waals surface area contributed by atoms with E-state index in [2.05, 4.69) is 0 Å². The Morgan fingerprint density at radius 1 is 1.43 bits per heavy atom. The normalized spacial score (nSPS) is 23.9. The summed E-state index contributed by atoms with van der Waals surface area (Å²) < 4.78 is 27.1. The first-order valence-electron chi connectivity index (χ1n) is 6.82. The zero-order valence-corrected chi connectivity index (χ0v) is 14.0. The number of nitrogens with zero attached hydrogens (tertiary/aromatic N) is 2. The molecule has 21 heavy (non-hydrogen) atoms. The van der Waals surface area contributed by atoms with E-state index in [-0.39, 0.29) is 17.5 Å². The van der Waals surface area contributed by atoms with Gasteiger partial charge in [-0.15, -0.1) is 0 Å². The van der Waals surface area contributed by atoms with Crippen molar-refractivity contribution in [2.45, 2.75) is 30.4 Å². The number of aryl methyl sites for hydroxylation is 1. The minimum Gasteiger partial charge on any atom is -0.392 e. The lowest BCUT2D eigenvalue weighted by Crippen LogP contribution is -2.41. The van der Waals surface area contributed by atoms with E-state index in [0.29, 0.717) is 23.6 Å². The first-order chi connectivity index (χ1) is 9.71. The minimum absolute atomic E-state index is 0.142. The lowest BCUT2D eigenvalue weighted by atomic mass is 10.2. The molecule has 118 valence electrons. The Morgan fingerprint density at radius 2 is 2.10 bits per heavy atom. The van der Waals surface area contributed by atoms with E-state index in [9.17, 15) is 13.5 Å². The van der Waals surface area contributed by atoms with Gasteiger partial charge in [-0.25, -0.2) is 8.42 Å². The van der Waals surface area contributed by atoms with Crippen LogP contribution < -0.4 is 0 Å². The first kappa shape index (κ1) is 16.7. The van der Waals surface area contributed by atoms with Crippen molar-refractivity contribution in [2.75, 3.05) is 27.2 Å². The smallest absolute Gasteiger partial charge is 0.243 e. The highest BCUT2D eigenvalue weighted by Gasteiger charge is 2.40. The third-order valence-corrected chi connectivity index (χ3v) is 5.96. The Kier molecular flexibility index (Phi) is 4.95. The molecule has 1 aliphatic heterocycles. The highest BCUT2D eigenvalue weighted by atomic mass is 35.5. The molecule has 2 rings (SSSR count). The van der Waals surface area contributed by atoms with Gasteiger partial charge in [-0.2, -0.15) is 4.31 Å². The van der Waals surface area contributed by atoms with Crippen molar-refractivity contribution in [2.24, 2.45) is 0 Å². The maximum absolute atomic E-state index is 12.9. The van der Waals surface area contributed by atoms with Crippen LogP contribution in [0.5, 0.6) is 0 Å². The lowest BCUT2D eigenvalue weighted by molar-refractivity contribution is 0.188. The number of hydrogen-bond acceptors (Lipinski definition) is 4. The Bertz CT molecular complexity index is 619. The summed E-state index contributed by atoms with van der Waals surface area (Å²) in [6, 6.07) is 4.54. The van der Waals surface area contributed by atoms with Crippen LogP contribution in [0.1, 0.15) is 12.0 Å².